The van der Waals surface area contributed by atoms with Gasteiger partial charge >= 0.3 is 0 Å². The van der Waals surface area contributed by atoms with Gasteiger partial charge in [-0.3, -0.25) is 20.2 Å². The van der Waals surface area contributed by atoms with E-state index in [1.807, 2.05) is 0 Å². The molecule has 0 saturated heterocycles. The van der Waals surface area contributed by atoms with Gasteiger partial charge in [0.25, 0.3) is 6.04 Å². The predicted octanol–water partition coefficient (Wildman–Crippen LogP) is 3.06. The van der Waals surface area contributed by atoms with Crippen LogP contribution < -0.4 is 0 Å². The Kier molecular flexibility index (Phi) is 4.61. The molecule has 2 rings (SSSR count). The Morgan fingerprint density at radius 3 is 1.71 bits per heavy atom. The van der Waals surface area contributed by atoms with Gasteiger partial charge in [-0.1, -0.05) is 60.7 Å². The number of benzene rings is 2. The van der Waals surface area contributed by atoms with Crippen molar-refractivity contribution in [2.45, 2.75) is 12.0 Å². The van der Waals surface area contributed by atoms with Crippen LogP contribution in [0.3, 0.4) is 0 Å². The summed E-state index contributed by atoms with van der Waals surface area (Å²) in [6, 6.07) is 15.9. The molecule has 0 N–H and O–H groups in total. The number of nitro groups is 2. The van der Waals surface area contributed by atoms with Gasteiger partial charge in [-0.05, 0) is 5.56 Å². The van der Waals surface area contributed by atoms with E-state index in [4.69, 9.17) is 0 Å². The molecule has 0 aromatic heterocycles. The molecule has 108 valence electrons. The van der Waals surface area contributed by atoms with Crippen molar-refractivity contribution in [2.75, 3.05) is 6.54 Å². The molecular formula is C15H14N2O4. The van der Waals surface area contributed by atoms with Crippen LogP contribution in [0.5, 0.6) is 0 Å². The Morgan fingerprint density at radius 1 is 0.810 bits per heavy atom. The highest BCUT2D eigenvalue weighted by Gasteiger charge is 2.37. The fourth-order valence-corrected chi connectivity index (χ4v) is 2.40. The van der Waals surface area contributed by atoms with Crippen molar-refractivity contribution < 1.29 is 9.85 Å². The minimum Gasteiger partial charge on any atom is -0.265 e. The Morgan fingerprint density at radius 2 is 1.29 bits per heavy atom. The zero-order valence-electron chi connectivity index (χ0n) is 11.2. The van der Waals surface area contributed by atoms with E-state index in [2.05, 4.69) is 0 Å². The number of nitrogens with zero attached hydrogens (tertiary/aromatic N) is 2. The minimum absolute atomic E-state index is 0.448. The number of hydrogen-bond acceptors (Lipinski definition) is 4. The third kappa shape index (κ3) is 3.62. The highest BCUT2D eigenvalue weighted by molar-refractivity contribution is 5.26. The van der Waals surface area contributed by atoms with Gasteiger partial charge in [-0.2, -0.15) is 0 Å². The molecule has 6 heteroatoms. The smallest absolute Gasteiger partial charge is 0.251 e. The lowest BCUT2D eigenvalue weighted by molar-refractivity contribution is -0.552. The monoisotopic (exact) mass is 286 g/mol. The largest absolute Gasteiger partial charge is 0.265 e. The molecule has 21 heavy (non-hydrogen) atoms. The maximum atomic E-state index is 11.5. The van der Waals surface area contributed by atoms with Gasteiger partial charge < -0.3 is 0 Å². The summed E-state index contributed by atoms with van der Waals surface area (Å²) < 4.78 is 0. The second-order valence-electron chi connectivity index (χ2n) is 4.67. The van der Waals surface area contributed by atoms with Gasteiger partial charge in [-0.15, -0.1) is 0 Å². The minimum atomic E-state index is -1.14. The summed E-state index contributed by atoms with van der Waals surface area (Å²) in [5.74, 6) is -0.807. The molecule has 0 aliphatic rings. The van der Waals surface area contributed by atoms with Crippen molar-refractivity contribution in [1.29, 1.82) is 0 Å². The normalized spacial score (nSPS) is 13.3. The lowest BCUT2D eigenvalue weighted by Gasteiger charge is -2.18. The number of rotatable bonds is 6. The van der Waals surface area contributed by atoms with E-state index in [0.29, 0.717) is 11.1 Å². The topological polar surface area (TPSA) is 86.3 Å². The molecule has 0 aliphatic carbocycles. The third-order valence-corrected chi connectivity index (χ3v) is 3.32. The van der Waals surface area contributed by atoms with Crippen LogP contribution in [0.25, 0.3) is 0 Å². The molecule has 0 radical (unpaired) electrons. The summed E-state index contributed by atoms with van der Waals surface area (Å²) >= 11 is 0. The first-order valence-electron chi connectivity index (χ1n) is 6.45. The molecule has 0 spiro atoms. The maximum Gasteiger partial charge on any atom is 0.251 e. The fourth-order valence-electron chi connectivity index (χ4n) is 2.40. The van der Waals surface area contributed by atoms with Crippen LogP contribution in [-0.4, -0.2) is 16.4 Å². The van der Waals surface area contributed by atoms with Crippen LogP contribution >= 0.6 is 0 Å². The first kappa shape index (κ1) is 14.6. The summed E-state index contributed by atoms with van der Waals surface area (Å²) in [4.78, 5) is 21.5. The van der Waals surface area contributed by atoms with Gasteiger partial charge in [0.1, 0.15) is 5.92 Å². The standard InChI is InChI=1S/C15H14N2O4/c18-16(19)11-14(12-7-3-1-4-8-12)15(17(20)21)13-9-5-2-6-10-13/h1-10,14-15H,11H2/t14-,15+/m1/s1. The van der Waals surface area contributed by atoms with Crippen LogP contribution in [0.1, 0.15) is 23.1 Å². The van der Waals surface area contributed by atoms with Gasteiger partial charge in [0, 0.05) is 15.4 Å². The van der Waals surface area contributed by atoms with Gasteiger partial charge in [-0.25, -0.2) is 0 Å². The van der Waals surface area contributed by atoms with E-state index in [0.717, 1.165) is 0 Å². The molecule has 0 saturated carbocycles. The summed E-state index contributed by atoms with van der Waals surface area (Å²) in [6.07, 6.45) is 0. The molecule has 2 aromatic rings. The van der Waals surface area contributed by atoms with Crippen LogP contribution in [0.2, 0.25) is 0 Å². The Hall–Kier alpha value is -2.76. The van der Waals surface area contributed by atoms with E-state index < -0.39 is 28.4 Å². The quantitative estimate of drug-likeness (QED) is 0.603. The number of hydrogen-bond donors (Lipinski definition) is 0. The summed E-state index contributed by atoms with van der Waals surface area (Å²) in [5, 5.41) is 22.4. The molecule has 0 bridgehead atoms. The lowest BCUT2D eigenvalue weighted by Crippen LogP contribution is -2.25. The molecule has 6 nitrogen and oxygen atoms in total. The van der Waals surface area contributed by atoms with E-state index in [1.54, 1.807) is 60.7 Å². The first-order valence-corrected chi connectivity index (χ1v) is 6.45. The zero-order chi connectivity index (χ0) is 15.2. The van der Waals surface area contributed by atoms with Gasteiger partial charge in [0.05, 0.1) is 0 Å². The molecule has 0 aliphatic heterocycles. The van der Waals surface area contributed by atoms with E-state index >= 15 is 0 Å². The highest BCUT2D eigenvalue weighted by Crippen LogP contribution is 2.33. The second-order valence-corrected chi connectivity index (χ2v) is 4.67. The third-order valence-electron chi connectivity index (χ3n) is 3.32. The van der Waals surface area contributed by atoms with Crippen molar-refractivity contribution >= 4 is 0 Å². The maximum absolute atomic E-state index is 11.5. The predicted molar refractivity (Wildman–Crippen MR) is 77.2 cm³/mol. The van der Waals surface area contributed by atoms with E-state index in [1.165, 1.54) is 0 Å². The average molecular weight is 286 g/mol. The summed E-state index contributed by atoms with van der Waals surface area (Å²) in [6.45, 7) is -0.482. The molecule has 2 aromatic carbocycles. The second kappa shape index (κ2) is 6.60. The Labute approximate surface area is 121 Å². The average Bonchev–Trinajstić information content (AvgIpc) is 2.48. The van der Waals surface area contributed by atoms with Gasteiger partial charge in [0.2, 0.25) is 6.54 Å². The zero-order valence-corrected chi connectivity index (χ0v) is 11.2. The first-order chi connectivity index (χ1) is 10.1. The van der Waals surface area contributed by atoms with Crippen molar-refractivity contribution in [3.63, 3.8) is 0 Å². The van der Waals surface area contributed by atoms with Crippen molar-refractivity contribution in [3.05, 3.63) is 92.0 Å². The van der Waals surface area contributed by atoms with E-state index in [-0.39, 0.29) is 0 Å². The van der Waals surface area contributed by atoms with Crippen molar-refractivity contribution in [3.8, 4) is 0 Å². The molecule has 2 atom stereocenters. The molecule has 0 amide bonds. The van der Waals surface area contributed by atoms with Crippen LogP contribution in [0.15, 0.2) is 60.7 Å². The molecular weight excluding hydrogens is 272 g/mol. The molecule has 0 fully saturated rings. The lowest BCUT2D eigenvalue weighted by atomic mass is 9.87. The summed E-state index contributed by atoms with van der Waals surface area (Å²) in [5.41, 5.74) is 1.07. The highest BCUT2D eigenvalue weighted by atomic mass is 16.6. The van der Waals surface area contributed by atoms with Gasteiger partial charge in [0.15, 0.2) is 0 Å². The SMILES string of the molecule is O=[N+]([O-])C[C@H](c1ccccc1)[C@H](c1ccccc1)[N+](=O)[O-]. The Bertz CT molecular complexity index is 616. The van der Waals surface area contributed by atoms with Crippen LogP contribution in [-0.2, 0) is 0 Å². The van der Waals surface area contributed by atoms with Crippen molar-refractivity contribution in [1.82, 2.24) is 0 Å². The van der Waals surface area contributed by atoms with Crippen LogP contribution in [0.4, 0.5) is 0 Å². The van der Waals surface area contributed by atoms with Crippen molar-refractivity contribution in [2.24, 2.45) is 0 Å². The fraction of sp³-hybridized carbons (Fsp3) is 0.200. The van der Waals surface area contributed by atoms with E-state index in [9.17, 15) is 20.2 Å². The van der Waals surface area contributed by atoms with Crippen LogP contribution in [0, 0.1) is 20.2 Å². The molecule has 0 heterocycles. The molecule has 0 unspecified atom stereocenters. The summed E-state index contributed by atoms with van der Waals surface area (Å²) in [7, 11) is 0. The Balaban J connectivity index is 2.46.